The number of hydrogen-bond acceptors (Lipinski definition) is 6. The summed E-state index contributed by atoms with van der Waals surface area (Å²) in [6.45, 7) is 9.71. The van der Waals surface area contributed by atoms with Crippen molar-refractivity contribution in [3.8, 4) is 0 Å². The Kier molecular flexibility index (Phi) is 6.20. The molecule has 6 heteroatoms. The number of piperazine rings is 1. The van der Waals surface area contributed by atoms with Crippen molar-refractivity contribution in [1.29, 1.82) is 0 Å². The molecule has 0 aliphatic carbocycles. The number of likely N-dealkylation sites (N-methyl/N-ethyl adjacent to an activating group) is 1. The van der Waals surface area contributed by atoms with Gasteiger partial charge in [-0.25, -0.2) is 9.97 Å². The molecule has 2 heterocycles. The smallest absolute Gasteiger partial charge is 0.134 e. The Hall–Kier alpha value is -1.40. The number of nitrogens with zero attached hydrogens (tertiary/aromatic N) is 5. The van der Waals surface area contributed by atoms with E-state index in [1.807, 2.05) is 0 Å². The Morgan fingerprint density at radius 2 is 1.95 bits per heavy atom. The highest BCUT2D eigenvalue weighted by atomic mass is 15.3. The Morgan fingerprint density at radius 3 is 2.62 bits per heavy atom. The number of hydrogen-bond donors (Lipinski definition) is 1. The van der Waals surface area contributed by atoms with Crippen molar-refractivity contribution in [2.24, 2.45) is 0 Å². The van der Waals surface area contributed by atoms with Crippen LogP contribution in [-0.2, 0) is 0 Å². The molecule has 2 rings (SSSR count). The summed E-state index contributed by atoms with van der Waals surface area (Å²) in [6, 6.07) is 2.07. The third-order valence-corrected chi connectivity index (χ3v) is 3.88. The van der Waals surface area contributed by atoms with Gasteiger partial charge in [0.1, 0.15) is 18.0 Å². The minimum absolute atomic E-state index is 0.927. The Balaban J connectivity index is 1.83. The summed E-state index contributed by atoms with van der Waals surface area (Å²) in [6.07, 6.45) is 2.78. The molecule has 1 saturated heterocycles. The minimum Gasteiger partial charge on any atom is -0.370 e. The number of rotatable bonds is 7. The van der Waals surface area contributed by atoms with Gasteiger partial charge < -0.3 is 20.0 Å². The fourth-order valence-electron chi connectivity index (χ4n) is 2.52. The Labute approximate surface area is 128 Å². The van der Waals surface area contributed by atoms with Gasteiger partial charge in [-0.1, -0.05) is 6.92 Å². The normalized spacial score (nSPS) is 16.5. The maximum absolute atomic E-state index is 4.42. The lowest BCUT2D eigenvalue weighted by Gasteiger charge is -2.34. The SMILES string of the molecule is CCN1CCN(c2cc(NCCCN(C)C)ncn2)CC1. The molecule has 118 valence electrons. The van der Waals surface area contributed by atoms with E-state index in [-0.39, 0.29) is 0 Å². The van der Waals surface area contributed by atoms with E-state index in [4.69, 9.17) is 0 Å². The highest BCUT2D eigenvalue weighted by molar-refractivity contribution is 5.48. The van der Waals surface area contributed by atoms with Crippen LogP contribution in [0.2, 0.25) is 0 Å². The van der Waals surface area contributed by atoms with E-state index in [9.17, 15) is 0 Å². The zero-order chi connectivity index (χ0) is 15.1. The molecular formula is C15H28N6. The van der Waals surface area contributed by atoms with Crippen LogP contribution in [-0.4, -0.2) is 79.7 Å². The van der Waals surface area contributed by atoms with Crippen LogP contribution in [0.3, 0.4) is 0 Å². The summed E-state index contributed by atoms with van der Waals surface area (Å²) < 4.78 is 0. The summed E-state index contributed by atoms with van der Waals surface area (Å²) in [5.41, 5.74) is 0. The lowest BCUT2D eigenvalue weighted by molar-refractivity contribution is 0.270. The van der Waals surface area contributed by atoms with Gasteiger partial charge >= 0.3 is 0 Å². The first-order valence-electron chi connectivity index (χ1n) is 7.87. The van der Waals surface area contributed by atoms with Gasteiger partial charge in [-0.2, -0.15) is 0 Å². The molecule has 1 fully saturated rings. The molecule has 0 aromatic carbocycles. The molecule has 0 radical (unpaired) electrons. The summed E-state index contributed by atoms with van der Waals surface area (Å²) in [7, 11) is 4.19. The maximum atomic E-state index is 4.42. The second-order valence-corrected chi connectivity index (χ2v) is 5.77. The van der Waals surface area contributed by atoms with Crippen molar-refractivity contribution in [1.82, 2.24) is 19.8 Å². The summed E-state index contributed by atoms with van der Waals surface area (Å²) >= 11 is 0. The van der Waals surface area contributed by atoms with Crippen molar-refractivity contribution in [3.05, 3.63) is 12.4 Å². The van der Waals surface area contributed by atoms with E-state index >= 15 is 0 Å². The van der Waals surface area contributed by atoms with E-state index in [2.05, 4.69) is 57.1 Å². The summed E-state index contributed by atoms with van der Waals surface area (Å²) in [4.78, 5) is 15.7. The van der Waals surface area contributed by atoms with E-state index in [1.165, 1.54) is 0 Å². The molecular weight excluding hydrogens is 264 g/mol. The standard InChI is InChI=1S/C15H28N6/c1-4-20-8-10-21(11-9-20)15-12-14(17-13-18-15)16-6-5-7-19(2)3/h12-13H,4-11H2,1-3H3,(H,16,17,18). The zero-order valence-electron chi connectivity index (χ0n) is 13.5. The van der Waals surface area contributed by atoms with Crippen LogP contribution in [0.25, 0.3) is 0 Å². The fourth-order valence-corrected chi connectivity index (χ4v) is 2.52. The molecule has 1 N–H and O–H groups in total. The fraction of sp³-hybridized carbons (Fsp3) is 0.733. The zero-order valence-corrected chi connectivity index (χ0v) is 13.5. The molecule has 1 aliphatic heterocycles. The van der Waals surface area contributed by atoms with Gasteiger partial charge in [-0.15, -0.1) is 0 Å². The van der Waals surface area contributed by atoms with Crippen LogP contribution < -0.4 is 10.2 Å². The van der Waals surface area contributed by atoms with Gasteiger partial charge in [0, 0.05) is 38.8 Å². The average molecular weight is 292 g/mol. The summed E-state index contributed by atoms with van der Waals surface area (Å²) in [5, 5.41) is 3.38. The third-order valence-electron chi connectivity index (χ3n) is 3.88. The number of anilines is 2. The van der Waals surface area contributed by atoms with E-state index in [1.54, 1.807) is 6.33 Å². The quantitative estimate of drug-likeness (QED) is 0.756. The lowest BCUT2D eigenvalue weighted by Crippen LogP contribution is -2.46. The minimum atomic E-state index is 0.927. The van der Waals surface area contributed by atoms with Crippen LogP contribution >= 0.6 is 0 Å². The van der Waals surface area contributed by atoms with Gasteiger partial charge in [-0.05, 0) is 33.6 Å². The van der Waals surface area contributed by atoms with E-state index in [0.29, 0.717) is 0 Å². The van der Waals surface area contributed by atoms with Gasteiger partial charge in [-0.3, -0.25) is 0 Å². The van der Waals surface area contributed by atoms with Gasteiger partial charge in [0.25, 0.3) is 0 Å². The van der Waals surface area contributed by atoms with Crippen LogP contribution in [0.15, 0.2) is 12.4 Å². The predicted molar refractivity (Wildman–Crippen MR) is 88.0 cm³/mol. The maximum Gasteiger partial charge on any atom is 0.134 e. The molecule has 1 aromatic heterocycles. The molecule has 0 amide bonds. The van der Waals surface area contributed by atoms with Gasteiger partial charge in [0.2, 0.25) is 0 Å². The second kappa shape index (κ2) is 8.14. The van der Waals surface area contributed by atoms with Crippen LogP contribution in [0, 0.1) is 0 Å². The van der Waals surface area contributed by atoms with E-state index < -0.39 is 0 Å². The molecule has 1 aromatic rings. The highest BCUT2D eigenvalue weighted by Gasteiger charge is 2.16. The van der Waals surface area contributed by atoms with Gasteiger partial charge in [0.15, 0.2) is 0 Å². The van der Waals surface area contributed by atoms with Crippen molar-refractivity contribution < 1.29 is 0 Å². The summed E-state index contributed by atoms with van der Waals surface area (Å²) in [5.74, 6) is 1.97. The van der Waals surface area contributed by atoms with Crippen LogP contribution in [0.4, 0.5) is 11.6 Å². The Morgan fingerprint density at radius 1 is 1.19 bits per heavy atom. The number of nitrogens with one attached hydrogen (secondary N) is 1. The highest BCUT2D eigenvalue weighted by Crippen LogP contribution is 2.16. The first-order chi connectivity index (χ1) is 10.2. The molecule has 0 unspecified atom stereocenters. The van der Waals surface area contributed by atoms with Crippen molar-refractivity contribution in [2.75, 3.05) is 70.1 Å². The first kappa shape index (κ1) is 16.0. The average Bonchev–Trinajstić information content (AvgIpc) is 2.52. The molecule has 21 heavy (non-hydrogen) atoms. The molecule has 0 saturated carbocycles. The van der Waals surface area contributed by atoms with Crippen molar-refractivity contribution >= 4 is 11.6 Å². The monoisotopic (exact) mass is 292 g/mol. The Bertz CT molecular complexity index is 414. The second-order valence-electron chi connectivity index (χ2n) is 5.77. The first-order valence-corrected chi connectivity index (χ1v) is 7.87. The predicted octanol–water partition coefficient (Wildman–Crippen LogP) is 0.982. The van der Waals surface area contributed by atoms with Crippen molar-refractivity contribution in [3.63, 3.8) is 0 Å². The molecule has 0 atom stereocenters. The molecule has 1 aliphatic rings. The lowest BCUT2D eigenvalue weighted by atomic mass is 10.3. The largest absolute Gasteiger partial charge is 0.370 e. The molecule has 6 nitrogen and oxygen atoms in total. The van der Waals surface area contributed by atoms with E-state index in [0.717, 1.165) is 63.9 Å². The topological polar surface area (TPSA) is 47.5 Å². The third kappa shape index (κ3) is 5.13. The molecule has 0 spiro atoms. The van der Waals surface area contributed by atoms with Crippen LogP contribution in [0.1, 0.15) is 13.3 Å². The van der Waals surface area contributed by atoms with Crippen LogP contribution in [0.5, 0.6) is 0 Å². The molecule has 0 bridgehead atoms. The van der Waals surface area contributed by atoms with Gasteiger partial charge in [0.05, 0.1) is 0 Å². The van der Waals surface area contributed by atoms with Crippen molar-refractivity contribution in [2.45, 2.75) is 13.3 Å². The number of aromatic nitrogens is 2.